The van der Waals surface area contributed by atoms with Crippen LogP contribution in [-0.2, 0) is 6.42 Å². The summed E-state index contributed by atoms with van der Waals surface area (Å²) in [6.07, 6.45) is 3.46. The van der Waals surface area contributed by atoms with Crippen LogP contribution >= 0.6 is 0 Å². The van der Waals surface area contributed by atoms with Gasteiger partial charge in [-0.2, -0.15) is 0 Å². The van der Waals surface area contributed by atoms with Gasteiger partial charge < -0.3 is 10.4 Å². The summed E-state index contributed by atoms with van der Waals surface area (Å²) in [5.41, 5.74) is 1.37. The molecule has 2 N–H and O–H groups in total. The fourth-order valence-corrected chi connectivity index (χ4v) is 2.05. The fraction of sp³-hybridized carbons (Fsp3) is 0.300. The maximum Gasteiger partial charge on any atom is 0.251 e. The number of hydrogen-bond donors (Lipinski definition) is 2. The number of rotatable bonds is 5. The molecule has 0 spiro atoms. The van der Waals surface area contributed by atoms with Crippen LogP contribution in [0.5, 0.6) is 0 Å². The number of nitrogens with zero attached hydrogens (tertiary/aromatic N) is 1. The molecule has 0 aliphatic rings. The third-order valence-electron chi connectivity index (χ3n) is 3.28. The summed E-state index contributed by atoms with van der Waals surface area (Å²) in [6, 6.07) is 12.9. The molecular formula is C20H22N2O2. The smallest absolute Gasteiger partial charge is 0.251 e. The molecule has 0 fully saturated rings. The number of nitrogens with one attached hydrogen (secondary N) is 1. The van der Waals surface area contributed by atoms with Gasteiger partial charge in [-0.3, -0.25) is 9.78 Å². The highest BCUT2D eigenvalue weighted by molar-refractivity contribution is 5.94. The van der Waals surface area contributed by atoms with Crippen LogP contribution in [0.3, 0.4) is 0 Å². The molecule has 4 nitrogen and oxygen atoms in total. The maximum absolute atomic E-state index is 12.1. The van der Waals surface area contributed by atoms with E-state index >= 15 is 0 Å². The molecule has 0 saturated carbocycles. The molecule has 124 valence electrons. The highest BCUT2D eigenvalue weighted by atomic mass is 16.3. The van der Waals surface area contributed by atoms with Crippen LogP contribution < -0.4 is 5.32 Å². The number of benzene rings is 1. The van der Waals surface area contributed by atoms with Gasteiger partial charge in [-0.15, -0.1) is 0 Å². The highest BCUT2D eigenvalue weighted by Crippen LogP contribution is 2.05. The van der Waals surface area contributed by atoms with Gasteiger partial charge in [-0.05, 0) is 63.1 Å². The Hall–Kier alpha value is -2.64. The fourth-order valence-electron chi connectivity index (χ4n) is 2.05. The van der Waals surface area contributed by atoms with Crippen molar-refractivity contribution in [2.75, 3.05) is 6.54 Å². The summed E-state index contributed by atoms with van der Waals surface area (Å²) in [6.45, 7) is 3.87. The molecule has 0 bridgehead atoms. The van der Waals surface area contributed by atoms with E-state index in [1.165, 1.54) is 0 Å². The van der Waals surface area contributed by atoms with Gasteiger partial charge in [0, 0.05) is 29.6 Å². The topological polar surface area (TPSA) is 62.2 Å². The number of amides is 1. The normalized spacial score (nSPS) is 10.6. The Kier molecular flexibility index (Phi) is 6.11. The van der Waals surface area contributed by atoms with Gasteiger partial charge in [0.1, 0.15) is 5.60 Å². The van der Waals surface area contributed by atoms with E-state index in [2.05, 4.69) is 22.1 Å². The molecule has 24 heavy (non-hydrogen) atoms. The Labute approximate surface area is 142 Å². The first kappa shape index (κ1) is 17.7. The van der Waals surface area contributed by atoms with Gasteiger partial charge >= 0.3 is 0 Å². The van der Waals surface area contributed by atoms with Crippen molar-refractivity contribution in [2.24, 2.45) is 0 Å². The van der Waals surface area contributed by atoms with E-state index in [-0.39, 0.29) is 5.91 Å². The molecule has 0 aliphatic carbocycles. The Morgan fingerprint density at radius 2 is 1.96 bits per heavy atom. The lowest BCUT2D eigenvalue weighted by atomic mass is 10.1. The summed E-state index contributed by atoms with van der Waals surface area (Å²) in [5, 5.41) is 12.5. The summed E-state index contributed by atoms with van der Waals surface area (Å²) < 4.78 is 0. The van der Waals surface area contributed by atoms with Crippen LogP contribution in [0.1, 0.15) is 41.9 Å². The van der Waals surface area contributed by atoms with E-state index in [9.17, 15) is 9.90 Å². The number of carbonyl (C=O) groups excluding carboxylic acids is 1. The molecule has 1 amide bonds. The highest BCUT2D eigenvalue weighted by Gasteiger charge is 2.07. The lowest BCUT2D eigenvalue weighted by Crippen LogP contribution is -2.24. The maximum atomic E-state index is 12.1. The van der Waals surface area contributed by atoms with Crippen molar-refractivity contribution in [2.45, 2.75) is 32.3 Å². The van der Waals surface area contributed by atoms with Crippen LogP contribution in [0.2, 0.25) is 0 Å². The zero-order chi connectivity index (χ0) is 17.4. The average molecular weight is 322 g/mol. The predicted molar refractivity (Wildman–Crippen MR) is 94.5 cm³/mol. The van der Waals surface area contributed by atoms with E-state index in [4.69, 9.17) is 0 Å². The Balaban J connectivity index is 1.81. The first-order valence-corrected chi connectivity index (χ1v) is 7.98. The summed E-state index contributed by atoms with van der Waals surface area (Å²) in [5.74, 6) is 5.53. The molecule has 0 aliphatic heterocycles. The molecule has 0 saturated heterocycles. The molecule has 4 heteroatoms. The van der Waals surface area contributed by atoms with Gasteiger partial charge in [0.05, 0.1) is 0 Å². The van der Waals surface area contributed by atoms with Crippen molar-refractivity contribution in [3.8, 4) is 11.8 Å². The zero-order valence-electron chi connectivity index (χ0n) is 14.0. The minimum absolute atomic E-state index is 0.0991. The summed E-state index contributed by atoms with van der Waals surface area (Å²) >= 11 is 0. The summed E-state index contributed by atoms with van der Waals surface area (Å²) in [7, 11) is 0. The van der Waals surface area contributed by atoms with E-state index in [1.807, 2.05) is 18.2 Å². The molecule has 2 rings (SSSR count). The number of pyridine rings is 1. The number of hydrogen-bond acceptors (Lipinski definition) is 3. The molecular weight excluding hydrogens is 300 g/mol. The van der Waals surface area contributed by atoms with Gasteiger partial charge in [0.25, 0.3) is 5.91 Å². The minimum atomic E-state index is -1.02. The minimum Gasteiger partial charge on any atom is -0.378 e. The van der Waals surface area contributed by atoms with Crippen molar-refractivity contribution in [3.05, 3.63) is 65.5 Å². The van der Waals surface area contributed by atoms with Crippen molar-refractivity contribution >= 4 is 5.91 Å². The Morgan fingerprint density at radius 1 is 1.21 bits per heavy atom. The van der Waals surface area contributed by atoms with E-state index in [0.29, 0.717) is 12.1 Å². The number of carbonyl (C=O) groups is 1. The number of aliphatic hydroxyl groups is 1. The van der Waals surface area contributed by atoms with Crippen molar-refractivity contribution in [1.82, 2.24) is 10.3 Å². The lowest BCUT2D eigenvalue weighted by Gasteiger charge is -2.06. The van der Waals surface area contributed by atoms with Crippen molar-refractivity contribution in [1.29, 1.82) is 0 Å². The van der Waals surface area contributed by atoms with Crippen LogP contribution in [0.15, 0.2) is 48.7 Å². The van der Waals surface area contributed by atoms with Crippen molar-refractivity contribution in [3.63, 3.8) is 0 Å². The van der Waals surface area contributed by atoms with Gasteiger partial charge in [-0.25, -0.2) is 0 Å². The third-order valence-corrected chi connectivity index (χ3v) is 3.28. The number of aryl methyl sites for hydroxylation is 1. The van der Waals surface area contributed by atoms with Crippen LogP contribution in [0, 0.1) is 11.8 Å². The molecule has 1 aromatic carbocycles. The van der Waals surface area contributed by atoms with Crippen LogP contribution in [0.4, 0.5) is 0 Å². The average Bonchev–Trinajstić information content (AvgIpc) is 2.57. The monoisotopic (exact) mass is 322 g/mol. The van der Waals surface area contributed by atoms with Crippen LogP contribution in [-0.4, -0.2) is 28.1 Å². The lowest BCUT2D eigenvalue weighted by molar-refractivity contribution is 0.0953. The second-order valence-corrected chi connectivity index (χ2v) is 6.07. The van der Waals surface area contributed by atoms with E-state index in [1.54, 1.807) is 44.3 Å². The molecule has 0 unspecified atom stereocenters. The van der Waals surface area contributed by atoms with Crippen molar-refractivity contribution < 1.29 is 9.90 Å². The summed E-state index contributed by atoms with van der Waals surface area (Å²) in [4.78, 5) is 16.3. The molecule has 1 heterocycles. The molecule has 1 aromatic heterocycles. The Bertz CT molecular complexity index is 720. The quantitative estimate of drug-likeness (QED) is 0.657. The largest absolute Gasteiger partial charge is 0.378 e. The van der Waals surface area contributed by atoms with E-state index < -0.39 is 5.60 Å². The SMILES string of the molecule is CC(C)(O)C#Cc1ccc(C(=O)NCCCc2ccccn2)cc1. The standard InChI is InChI=1S/C20H22N2O2/c1-20(2,24)13-12-16-8-10-17(11-9-16)19(23)22-15-5-7-18-6-3-4-14-21-18/h3-4,6,8-11,14,24H,5,7,15H2,1-2H3,(H,22,23). The number of aromatic nitrogens is 1. The predicted octanol–water partition coefficient (Wildman–Crippen LogP) is 2.57. The molecule has 0 radical (unpaired) electrons. The molecule has 2 aromatic rings. The van der Waals surface area contributed by atoms with Gasteiger partial charge in [0.15, 0.2) is 0 Å². The first-order valence-electron chi connectivity index (χ1n) is 7.98. The van der Waals surface area contributed by atoms with Gasteiger partial charge in [0.2, 0.25) is 0 Å². The Morgan fingerprint density at radius 3 is 2.58 bits per heavy atom. The third kappa shape index (κ3) is 6.23. The second-order valence-electron chi connectivity index (χ2n) is 6.07. The van der Waals surface area contributed by atoms with Gasteiger partial charge in [-0.1, -0.05) is 17.9 Å². The van der Waals surface area contributed by atoms with Crippen LogP contribution in [0.25, 0.3) is 0 Å². The second kappa shape index (κ2) is 8.28. The zero-order valence-corrected chi connectivity index (χ0v) is 14.0. The van der Waals surface area contributed by atoms with E-state index in [0.717, 1.165) is 24.1 Å². The molecule has 0 atom stereocenters. The first-order chi connectivity index (χ1) is 11.4.